The van der Waals surface area contributed by atoms with Crippen molar-refractivity contribution in [2.75, 3.05) is 0 Å². The molecule has 2 unspecified atom stereocenters. The van der Waals surface area contributed by atoms with Crippen molar-refractivity contribution in [1.82, 2.24) is 0 Å². The first-order chi connectivity index (χ1) is 9.86. The van der Waals surface area contributed by atoms with Crippen LogP contribution in [0.3, 0.4) is 0 Å². The standard InChI is InChI=1S/C20H26/c1-3-11-19(17-13-7-5-8-14-17)20(12-4-2)18-15-9-6-10-16-18/h5-10,13-16,19-20H,3-4,11-12H2,1-2H3. The first-order valence-electron chi connectivity index (χ1n) is 7.96. The second-order valence-electron chi connectivity index (χ2n) is 5.61. The zero-order valence-corrected chi connectivity index (χ0v) is 12.8. The van der Waals surface area contributed by atoms with Gasteiger partial charge in [-0.25, -0.2) is 0 Å². The average Bonchev–Trinajstić information content (AvgIpc) is 2.52. The van der Waals surface area contributed by atoms with E-state index < -0.39 is 0 Å². The van der Waals surface area contributed by atoms with E-state index in [2.05, 4.69) is 74.5 Å². The molecule has 0 fully saturated rings. The summed E-state index contributed by atoms with van der Waals surface area (Å²) in [6.07, 6.45) is 5.02. The van der Waals surface area contributed by atoms with Crippen LogP contribution in [0.2, 0.25) is 0 Å². The van der Waals surface area contributed by atoms with Gasteiger partial charge in [0.05, 0.1) is 0 Å². The quantitative estimate of drug-likeness (QED) is 0.563. The molecule has 0 heteroatoms. The van der Waals surface area contributed by atoms with E-state index in [0.29, 0.717) is 11.8 Å². The maximum atomic E-state index is 2.30. The second kappa shape index (κ2) is 7.89. The summed E-state index contributed by atoms with van der Waals surface area (Å²) in [7, 11) is 0. The molecular weight excluding hydrogens is 240 g/mol. The van der Waals surface area contributed by atoms with Gasteiger partial charge in [-0.3, -0.25) is 0 Å². The molecule has 0 amide bonds. The first-order valence-corrected chi connectivity index (χ1v) is 7.96. The minimum Gasteiger partial charge on any atom is -0.0654 e. The number of hydrogen-bond donors (Lipinski definition) is 0. The lowest BCUT2D eigenvalue weighted by Gasteiger charge is -2.28. The third-order valence-corrected chi connectivity index (χ3v) is 4.14. The summed E-state index contributed by atoms with van der Waals surface area (Å²) in [6, 6.07) is 22.1. The maximum absolute atomic E-state index is 2.30. The lowest BCUT2D eigenvalue weighted by molar-refractivity contribution is 0.468. The van der Waals surface area contributed by atoms with Crippen LogP contribution in [0, 0.1) is 0 Å². The normalized spacial score (nSPS) is 13.9. The molecule has 0 spiro atoms. The lowest BCUT2D eigenvalue weighted by atomic mass is 9.77. The molecule has 0 aliphatic rings. The minimum absolute atomic E-state index is 0.642. The first kappa shape index (κ1) is 14.8. The molecule has 106 valence electrons. The summed E-state index contributed by atoms with van der Waals surface area (Å²) in [5, 5.41) is 0. The fourth-order valence-corrected chi connectivity index (χ4v) is 3.22. The molecule has 2 aromatic rings. The average molecular weight is 266 g/mol. The van der Waals surface area contributed by atoms with E-state index in [9.17, 15) is 0 Å². The van der Waals surface area contributed by atoms with E-state index in [1.807, 2.05) is 0 Å². The van der Waals surface area contributed by atoms with Crippen LogP contribution < -0.4 is 0 Å². The Labute approximate surface area is 123 Å². The molecular formula is C20H26. The largest absolute Gasteiger partial charge is 0.0654 e. The van der Waals surface area contributed by atoms with E-state index >= 15 is 0 Å². The molecule has 20 heavy (non-hydrogen) atoms. The smallest absolute Gasteiger partial charge is 0.00932 e. The van der Waals surface area contributed by atoms with E-state index in [1.54, 1.807) is 0 Å². The summed E-state index contributed by atoms with van der Waals surface area (Å²) in [5.41, 5.74) is 2.99. The van der Waals surface area contributed by atoms with E-state index in [0.717, 1.165) is 0 Å². The van der Waals surface area contributed by atoms with Crippen LogP contribution in [0.5, 0.6) is 0 Å². The predicted molar refractivity (Wildman–Crippen MR) is 88.2 cm³/mol. The third kappa shape index (κ3) is 3.72. The molecule has 2 rings (SSSR count). The number of hydrogen-bond acceptors (Lipinski definition) is 0. The highest BCUT2D eigenvalue weighted by atomic mass is 14.3. The van der Waals surface area contributed by atoms with Gasteiger partial charge in [0.25, 0.3) is 0 Å². The fraction of sp³-hybridized carbons (Fsp3) is 0.400. The predicted octanol–water partition coefficient (Wildman–Crippen LogP) is 6.15. The maximum Gasteiger partial charge on any atom is -0.00932 e. The topological polar surface area (TPSA) is 0 Å². The van der Waals surface area contributed by atoms with Crippen LogP contribution in [-0.2, 0) is 0 Å². The number of benzene rings is 2. The van der Waals surface area contributed by atoms with Crippen LogP contribution in [0.15, 0.2) is 60.7 Å². The van der Waals surface area contributed by atoms with Gasteiger partial charge in [0.2, 0.25) is 0 Å². The Balaban J connectivity index is 2.33. The Morgan fingerprint density at radius 1 is 0.600 bits per heavy atom. The van der Waals surface area contributed by atoms with Crippen molar-refractivity contribution in [3.63, 3.8) is 0 Å². The third-order valence-electron chi connectivity index (χ3n) is 4.14. The summed E-state index contributed by atoms with van der Waals surface area (Å²) in [6.45, 7) is 4.59. The van der Waals surface area contributed by atoms with Crippen molar-refractivity contribution >= 4 is 0 Å². The summed E-state index contributed by atoms with van der Waals surface area (Å²) in [4.78, 5) is 0. The lowest BCUT2D eigenvalue weighted by Crippen LogP contribution is -2.11. The molecule has 0 aliphatic heterocycles. The van der Waals surface area contributed by atoms with Crippen molar-refractivity contribution in [2.24, 2.45) is 0 Å². The van der Waals surface area contributed by atoms with Crippen LogP contribution in [-0.4, -0.2) is 0 Å². The molecule has 2 atom stereocenters. The second-order valence-corrected chi connectivity index (χ2v) is 5.61. The van der Waals surface area contributed by atoms with Crippen LogP contribution >= 0.6 is 0 Å². The van der Waals surface area contributed by atoms with Gasteiger partial charge in [-0.05, 0) is 35.8 Å². The van der Waals surface area contributed by atoms with Crippen molar-refractivity contribution in [2.45, 2.75) is 51.4 Å². The zero-order chi connectivity index (χ0) is 14.2. The van der Waals surface area contributed by atoms with Gasteiger partial charge in [-0.15, -0.1) is 0 Å². The van der Waals surface area contributed by atoms with Crippen LogP contribution in [0.1, 0.15) is 62.5 Å². The molecule has 0 radical (unpaired) electrons. The van der Waals surface area contributed by atoms with Gasteiger partial charge >= 0.3 is 0 Å². The van der Waals surface area contributed by atoms with Gasteiger partial charge in [0, 0.05) is 0 Å². The van der Waals surface area contributed by atoms with Gasteiger partial charge in [-0.1, -0.05) is 87.4 Å². The minimum atomic E-state index is 0.642. The molecule has 2 aromatic carbocycles. The summed E-state index contributed by atoms with van der Waals surface area (Å²) in [5.74, 6) is 1.28. The summed E-state index contributed by atoms with van der Waals surface area (Å²) < 4.78 is 0. The molecule has 0 heterocycles. The van der Waals surface area contributed by atoms with Crippen molar-refractivity contribution < 1.29 is 0 Å². The Morgan fingerprint density at radius 2 is 0.950 bits per heavy atom. The highest BCUT2D eigenvalue weighted by molar-refractivity contribution is 5.28. The molecule has 0 aliphatic carbocycles. The Kier molecular flexibility index (Phi) is 5.86. The highest BCUT2D eigenvalue weighted by Gasteiger charge is 2.23. The van der Waals surface area contributed by atoms with Crippen LogP contribution in [0.4, 0.5) is 0 Å². The monoisotopic (exact) mass is 266 g/mol. The molecule has 0 nitrogen and oxygen atoms in total. The zero-order valence-electron chi connectivity index (χ0n) is 12.8. The fourth-order valence-electron chi connectivity index (χ4n) is 3.22. The van der Waals surface area contributed by atoms with Crippen LogP contribution in [0.25, 0.3) is 0 Å². The Hall–Kier alpha value is -1.56. The van der Waals surface area contributed by atoms with Crippen molar-refractivity contribution in [3.05, 3.63) is 71.8 Å². The van der Waals surface area contributed by atoms with E-state index in [-0.39, 0.29) is 0 Å². The highest BCUT2D eigenvalue weighted by Crippen LogP contribution is 2.39. The van der Waals surface area contributed by atoms with E-state index in [4.69, 9.17) is 0 Å². The van der Waals surface area contributed by atoms with Gasteiger partial charge in [-0.2, -0.15) is 0 Å². The molecule has 0 aromatic heterocycles. The van der Waals surface area contributed by atoms with Crippen molar-refractivity contribution in [3.8, 4) is 0 Å². The van der Waals surface area contributed by atoms with Gasteiger partial charge in [0.1, 0.15) is 0 Å². The molecule has 0 bridgehead atoms. The Morgan fingerprint density at radius 3 is 1.25 bits per heavy atom. The van der Waals surface area contributed by atoms with Gasteiger partial charge < -0.3 is 0 Å². The van der Waals surface area contributed by atoms with Gasteiger partial charge in [0.15, 0.2) is 0 Å². The Bertz CT molecular complexity index is 424. The summed E-state index contributed by atoms with van der Waals surface area (Å²) >= 11 is 0. The van der Waals surface area contributed by atoms with E-state index in [1.165, 1.54) is 36.8 Å². The molecule has 0 saturated heterocycles. The number of rotatable bonds is 7. The SMILES string of the molecule is CCCC(c1ccccc1)C(CCC)c1ccccc1. The molecule has 0 saturated carbocycles. The van der Waals surface area contributed by atoms with Crippen molar-refractivity contribution in [1.29, 1.82) is 0 Å². The molecule has 0 N–H and O–H groups in total.